The number of rotatable bonds is 7. The molecule has 7 heteroatoms. The van der Waals surface area contributed by atoms with Crippen molar-refractivity contribution in [3.8, 4) is 17.6 Å². The molecule has 0 saturated heterocycles. The molecule has 0 heterocycles. The lowest BCUT2D eigenvalue weighted by molar-refractivity contribution is -0.150. The molecule has 0 atom stereocenters. The van der Waals surface area contributed by atoms with Crippen LogP contribution in [-0.2, 0) is 14.3 Å². The van der Waals surface area contributed by atoms with Gasteiger partial charge in [0.1, 0.15) is 5.54 Å². The van der Waals surface area contributed by atoms with Crippen LogP contribution >= 0.6 is 0 Å². The van der Waals surface area contributed by atoms with Gasteiger partial charge in [-0.25, -0.2) is 4.79 Å². The third-order valence-electron chi connectivity index (χ3n) is 5.08. The Morgan fingerprint density at radius 2 is 1.93 bits per heavy atom. The molecular weight excluding hydrogens is 360 g/mol. The minimum atomic E-state index is -0.800. The van der Waals surface area contributed by atoms with Crippen LogP contribution in [0.1, 0.15) is 37.7 Å². The molecule has 1 fully saturated rings. The van der Waals surface area contributed by atoms with Crippen molar-refractivity contribution in [3.63, 3.8) is 0 Å². The van der Waals surface area contributed by atoms with E-state index in [1.54, 1.807) is 25.2 Å². The Morgan fingerprint density at radius 1 is 1.21 bits per heavy atom. The molecule has 0 aliphatic heterocycles. The van der Waals surface area contributed by atoms with Gasteiger partial charge < -0.3 is 19.1 Å². The number of hydrogen-bond donors (Lipinski definition) is 0. The number of carbonyl (C=O) groups is 2. The zero-order chi connectivity index (χ0) is 20.6. The maximum Gasteiger partial charge on any atom is 0.331 e. The molecule has 0 aromatic heterocycles. The summed E-state index contributed by atoms with van der Waals surface area (Å²) in [5.41, 5.74) is -0.154. The number of hydrogen-bond acceptors (Lipinski definition) is 6. The molecular formula is C21H26N2O5. The largest absolute Gasteiger partial charge is 0.493 e. The lowest BCUT2D eigenvalue weighted by Crippen LogP contribution is -2.51. The number of benzene rings is 1. The van der Waals surface area contributed by atoms with Crippen LogP contribution in [0.2, 0.25) is 0 Å². The van der Waals surface area contributed by atoms with Gasteiger partial charge in [-0.15, -0.1) is 0 Å². The smallest absolute Gasteiger partial charge is 0.331 e. The fourth-order valence-corrected chi connectivity index (χ4v) is 3.38. The minimum Gasteiger partial charge on any atom is -0.493 e. The van der Waals surface area contributed by atoms with Crippen molar-refractivity contribution in [1.82, 2.24) is 4.90 Å². The Kier molecular flexibility index (Phi) is 7.44. The first-order valence-corrected chi connectivity index (χ1v) is 9.21. The number of methoxy groups -OCH3 is 2. The zero-order valence-corrected chi connectivity index (χ0v) is 16.6. The normalized spacial score (nSPS) is 15.5. The summed E-state index contributed by atoms with van der Waals surface area (Å²) in [5.74, 6) is 0.00709. The number of nitriles is 1. The monoisotopic (exact) mass is 386 g/mol. The standard InChI is InChI=1S/C21H26N2O5/c1-23(21(15-22)12-5-4-6-13-21)18(24)14-28-19(25)11-10-16-8-7-9-17(26-2)20(16)27-3/h7-11H,4-6,12-14H2,1-3H3/b11-10+. The highest BCUT2D eigenvalue weighted by molar-refractivity contribution is 5.90. The minimum absolute atomic E-state index is 0.385. The summed E-state index contributed by atoms with van der Waals surface area (Å²) in [5, 5.41) is 9.56. The van der Waals surface area contributed by atoms with E-state index >= 15 is 0 Å². The van der Waals surface area contributed by atoms with Crippen molar-refractivity contribution in [2.75, 3.05) is 27.9 Å². The first-order valence-electron chi connectivity index (χ1n) is 9.21. The van der Waals surface area contributed by atoms with Gasteiger partial charge in [0.15, 0.2) is 18.1 Å². The van der Waals surface area contributed by atoms with Crippen molar-refractivity contribution in [2.45, 2.75) is 37.6 Å². The average molecular weight is 386 g/mol. The lowest BCUT2D eigenvalue weighted by atomic mass is 9.81. The van der Waals surface area contributed by atoms with Crippen LogP contribution in [0.25, 0.3) is 6.08 Å². The Labute approximate surface area is 165 Å². The maximum absolute atomic E-state index is 12.4. The van der Waals surface area contributed by atoms with Crippen molar-refractivity contribution in [3.05, 3.63) is 29.8 Å². The van der Waals surface area contributed by atoms with Crippen molar-refractivity contribution < 1.29 is 23.8 Å². The van der Waals surface area contributed by atoms with Gasteiger partial charge in [0.25, 0.3) is 5.91 Å². The number of carbonyl (C=O) groups excluding carboxylic acids is 2. The second-order valence-corrected chi connectivity index (χ2v) is 6.68. The molecule has 0 unspecified atom stereocenters. The molecule has 1 aliphatic carbocycles. The van der Waals surface area contributed by atoms with Crippen LogP contribution in [-0.4, -0.2) is 50.2 Å². The molecule has 1 saturated carbocycles. The first kappa shape index (κ1) is 21.3. The predicted octanol–water partition coefficient (Wildman–Crippen LogP) is 2.95. The van der Waals surface area contributed by atoms with Gasteiger partial charge in [-0.2, -0.15) is 5.26 Å². The maximum atomic E-state index is 12.4. The molecule has 1 aromatic carbocycles. The average Bonchev–Trinajstić information content (AvgIpc) is 2.75. The molecule has 0 N–H and O–H groups in total. The fraction of sp³-hybridized carbons (Fsp3) is 0.476. The quantitative estimate of drug-likeness (QED) is 0.529. The Balaban J connectivity index is 1.96. The Morgan fingerprint density at radius 3 is 2.54 bits per heavy atom. The van der Waals surface area contributed by atoms with E-state index in [1.807, 2.05) is 0 Å². The molecule has 150 valence electrons. The van der Waals surface area contributed by atoms with Gasteiger partial charge in [0.05, 0.1) is 20.3 Å². The summed E-state index contributed by atoms with van der Waals surface area (Å²) in [4.78, 5) is 25.8. The summed E-state index contributed by atoms with van der Waals surface area (Å²) in [6, 6.07) is 7.57. The Hall–Kier alpha value is -3.01. The van der Waals surface area contributed by atoms with Crippen LogP contribution in [0, 0.1) is 11.3 Å². The number of nitrogens with zero attached hydrogens (tertiary/aromatic N) is 2. The lowest BCUT2D eigenvalue weighted by Gasteiger charge is -2.38. The van der Waals surface area contributed by atoms with Crippen LogP contribution in [0.15, 0.2) is 24.3 Å². The van der Waals surface area contributed by atoms with Gasteiger partial charge in [-0.05, 0) is 25.0 Å². The fourth-order valence-electron chi connectivity index (χ4n) is 3.38. The van der Waals surface area contributed by atoms with Gasteiger partial charge in [0, 0.05) is 18.7 Å². The Bertz CT molecular complexity index is 775. The molecule has 1 aromatic rings. The van der Waals surface area contributed by atoms with Gasteiger partial charge in [-0.1, -0.05) is 31.4 Å². The molecule has 7 nitrogen and oxygen atoms in total. The van der Waals surface area contributed by atoms with E-state index < -0.39 is 18.1 Å². The third kappa shape index (κ3) is 4.83. The highest BCUT2D eigenvalue weighted by Gasteiger charge is 2.38. The van der Waals surface area contributed by atoms with E-state index in [0.717, 1.165) is 19.3 Å². The van der Waals surface area contributed by atoms with Crippen LogP contribution < -0.4 is 9.47 Å². The summed E-state index contributed by atoms with van der Waals surface area (Å²) >= 11 is 0. The second-order valence-electron chi connectivity index (χ2n) is 6.68. The number of esters is 1. The van der Waals surface area contributed by atoms with E-state index in [1.165, 1.54) is 31.3 Å². The van der Waals surface area contributed by atoms with E-state index in [9.17, 15) is 14.9 Å². The SMILES string of the molecule is COc1cccc(/C=C/C(=O)OCC(=O)N(C)C2(C#N)CCCCC2)c1OC. The van der Waals surface area contributed by atoms with E-state index in [2.05, 4.69) is 6.07 Å². The van der Waals surface area contributed by atoms with Crippen LogP contribution in [0.4, 0.5) is 0 Å². The number of likely N-dealkylation sites (N-methyl/N-ethyl adjacent to an activating group) is 1. The van der Waals surface area contributed by atoms with E-state index in [-0.39, 0.29) is 5.91 Å². The number of para-hydroxylation sites is 1. The number of amides is 1. The van der Waals surface area contributed by atoms with Gasteiger partial charge >= 0.3 is 5.97 Å². The van der Waals surface area contributed by atoms with Gasteiger partial charge in [-0.3, -0.25) is 4.79 Å². The van der Waals surface area contributed by atoms with Gasteiger partial charge in [0.2, 0.25) is 0 Å². The van der Waals surface area contributed by atoms with Crippen molar-refractivity contribution in [1.29, 1.82) is 5.26 Å². The highest BCUT2D eigenvalue weighted by Crippen LogP contribution is 2.33. The summed E-state index contributed by atoms with van der Waals surface area (Å²) in [6.45, 7) is -0.404. The highest BCUT2D eigenvalue weighted by atomic mass is 16.5. The van der Waals surface area contributed by atoms with Crippen LogP contribution in [0.3, 0.4) is 0 Å². The second kappa shape index (κ2) is 9.79. The molecule has 0 bridgehead atoms. The van der Waals surface area contributed by atoms with Crippen molar-refractivity contribution >= 4 is 18.0 Å². The summed E-state index contributed by atoms with van der Waals surface area (Å²) in [6.07, 6.45) is 6.95. The molecule has 1 amide bonds. The topological polar surface area (TPSA) is 88.9 Å². The van der Waals surface area contributed by atoms with Crippen LogP contribution in [0.5, 0.6) is 11.5 Å². The third-order valence-corrected chi connectivity index (χ3v) is 5.08. The molecule has 1 aliphatic rings. The first-order chi connectivity index (χ1) is 13.5. The van der Waals surface area contributed by atoms with Crippen molar-refractivity contribution in [2.24, 2.45) is 0 Å². The predicted molar refractivity (Wildman–Crippen MR) is 104 cm³/mol. The number of ether oxygens (including phenoxy) is 3. The zero-order valence-electron chi connectivity index (χ0n) is 16.6. The molecule has 2 rings (SSSR count). The summed E-state index contributed by atoms with van der Waals surface area (Å²) < 4.78 is 15.6. The van der Waals surface area contributed by atoms with E-state index in [4.69, 9.17) is 14.2 Å². The summed E-state index contributed by atoms with van der Waals surface area (Å²) in [7, 11) is 4.64. The molecule has 28 heavy (non-hydrogen) atoms. The molecule has 0 radical (unpaired) electrons. The molecule has 0 spiro atoms. The van der Waals surface area contributed by atoms with E-state index in [0.29, 0.717) is 29.9 Å².